The maximum Gasteiger partial charge on any atom is 0.573 e. The van der Waals surface area contributed by atoms with Crippen LogP contribution < -0.4 is 15.2 Å². The minimum atomic E-state index is -4.93. The minimum absolute atomic E-state index is 0.299. The van der Waals surface area contributed by atoms with Crippen LogP contribution in [0, 0.1) is 0 Å². The third-order valence-electron chi connectivity index (χ3n) is 2.23. The summed E-state index contributed by atoms with van der Waals surface area (Å²) in [5.74, 6) is -0.668. The molecule has 0 fully saturated rings. The first-order valence-corrected chi connectivity index (χ1v) is 7.14. The summed E-state index contributed by atoms with van der Waals surface area (Å²) in [6, 6.07) is 4.74. The van der Waals surface area contributed by atoms with E-state index in [9.17, 15) is 21.6 Å². The molecule has 0 amide bonds. The smallest absolute Gasteiger partial charge is 0.404 e. The van der Waals surface area contributed by atoms with E-state index in [0.29, 0.717) is 0 Å². The Hall–Kier alpha value is -1.55. The maximum atomic E-state index is 12.2. The summed E-state index contributed by atoms with van der Waals surface area (Å²) < 4.78 is 66.0. The Bertz CT molecular complexity index is 602. The van der Waals surface area contributed by atoms with Crippen LogP contribution in [-0.2, 0) is 10.0 Å². The Labute approximate surface area is 119 Å². The van der Waals surface area contributed by atoms with E-state index in [-0.39, 0.29) is 10.7 Å². The van der Waals surface area contributed by atoms with Crippen LogP contribution in [0.4, 0.5) is 18.9 Å². The molecule has 20 heavy (non-hydrogen) atoms. The number of halogens is 3. The zero-order valence-electron chi connectivity index (χ0n) is 10.1. The van der Waals surface area contributed by atoms with Gasteiger partial charge in [0.15, 0.2) is 5.75 Å². The first-order valence-electron chi connectivity index (χ1n) is 5.18. The van der Waals surface area contributed by atoms with Crippen molar-refractivity contribution in [2.75, 3.05) is 4.72 Å². The minimum Gasteiger partial charge on any atom is -0.404 e. The van der Waals surface area contributed by atoms with E-state index >= 15 is 0 Å². The van der Waals surface area contributed by atoms with Gasteiger partial charge >= 0.3 is 6.36 Å². The molecule has 0 saturated carbocycles. The van der Waals surface area contributed by atoms with Crippen molar-refractivity contribution < 1.29 is 26.3 Å². The van der Waals surface area contributed by atoms with Gasteiger partial charge in [0.05, 0.1) is 10.7 Å². The molecule has 0 aromatic heterocycles. The molecule has 5 nitrogen and oxygen atoms in total. The largest absolute Gasteiger partial charge is 0.573 e. The second-order valence-electron chi connectivity index (χ2n) is 3.74. The molecular formula is C10H11F3N2O3S2. The van der Waals surface area contributed by atoms with Crippen LogP contribution in [0.3, 0.4) is 0 Å². The monoisotopic (exact) mass is 328 g/mol. The zero-order valence-corrected chi connectivity index (χ0v) is 11.8. The van der Waals surface area contributed by atoms with Crippen LogP contribution in [0.25, 0.3) is 0 Å². The van der Waals surface area contributed by atoms with Gasteiger partial charge in [-0.15, -0.1) is 13.2 Å². The number of anilines is 1. The number of nitrogens with one attached hydrogen (secondary N) is 1. The Morgan fingerprint density at radius 2 is 1.95 bits per heavy atom. The summed E-state index contributed by atoms with van der Waals surface area (Å²) in [6.45, 7) is 1.22. The fraction of sp³-hybridized carbons (Fsp3) is 0.300. The van der Waals surface area contributed by atoms with E-state index in [4.69, 9.17) is 5.73 Å². The first-order chi connectivity index (χ1) is 9.03. The molecule has 3 N–H and O–H groups in total. The number of sulfonamides is 1. The van der Waals surface area contributed by atoms with Gasteiger partial charge < -0.3 is 10.5 Å². The summed E-state index contributed by atoms with van der Waals surface area (Å²) in [5, 5.41) is -1.24. The molecule has 0 aliphatic carbocycles. The fourth-order valence-corrected chi connectivity index (χ4v) is 2.50. The highest BCUT2D eigenvalue weighted by Crippen LogP contribution is 2.30. The van der Waals surface area contributed by atoms with Crippen LogP contribution in [0.5, 0.6) is 5.75 Å². The number of nitrogens with two attached hydrogens (primary N) is 1. The van der Waals surface area contributed by atoms with Crippen molar-refractivity contribution in [2.45, 2.75) is 18.5 Å². The number of thiocarbonyl (C=S) groups is 1. The Morgan fingerprint density at radius 3 is 2.45 bits per heavy atom. The summed E-state index contributed by atoms with van der Waals surface area (Å²) in [5.41, 5.74) is 4.86. The second-order valence-corrected chi connectivity index (χ2v) is 6.21. The highest BCUT2D eigenvalue weighted by Gasteiger charge is 2.33. The third-order valence-corrected chi connectivity index (χ3v) is 4.42. The SMILES string of the molecule is CC(C(N)=S)S(=O)(=O)Nc1ccccc1OC(F)(F)F. The van der Waals surface area contributed by atoms with Gasteiger partial charge in [-0.25, -0.2) is 8.42 Å². The second kappa shape index (κ2) is 5.83. The van der Waals surface area contributed by atoms with E-state index in [1.54, 1.807) is 0 Å². The van der Waals surface area contributed by atoms with E-state index in [2.05, 4.69) is 17.0 Å². The van der Waals surface area contributed by atoms with Gasteiger partial charge in [-0.1, -0.05) is 24.4 Å². The van der Waals surface area contributed by atoms with Crippen molar-refractivity contribution in [3.8, 4) is 5.75 Å². The van der Waals surface area contributed by atoms with Gasteiger partial charge in [-0.3, -0.25) is 4.72 Å². The molecule has 0 radical (unpaired) electrons. The predicted molar refractivity (Wildman–Crippen MR) is 71.9 cm³/mol. The van der Waals surface area contributed by atoms with Crippen molar-refractivity contribution >= 4 is 32.9 Å². The van der Waals surface area contributed by atoms with Gasteiger partial charge in [0.2, 0.25) is 10.0 Å². The standard InChI is InChI=1S/C10H11F3N2O3S2/c1-6(9(14)19)20(16,17)15-7-4-2-3-5-8(7)18-10(11,12)13/h2-6,15H,1H3,(H2,14,19). The van der Waals surface area contributed by atoms with Crippen LogP contribution in [0.1, 0.15) is 6.92 Å². The first kappa shape index (κ1) is 16.5. The average molecular weight is 328 g/mol. The van der Waals surface area contributed by atoms with Gasteiger partial charge in [0, 0.05) is 0 Å². The van der Waals surface area contributed by atoms with Gasteiger partial charge in [-0.05, 0) is 19.1 Å². The van der Waals surface area contributed by atoms with Crippen molar-refractivity contribution in [3.63, 3.8) is 0 Å². The molecule has 1 aromatic carbocycles. The number of alkyl halides is 3. The van der Waals surface area contributed by atoms with Crippen molar-refractivity contribution in [1.29, 1.82) is 0 Å². The summed E-state index contributed by atoms with van der Waals surface area (Å²) in [6.07, 6.45) is -4.93. The molecule has 0 bridgehead atoms. The van der Waals surface area contributed by atoms with E-state index in [0.717, 1.165) is 12.1 Å². The molecule has 10 heteroatoms. The lowest BCUT2D eigenvalue weighted by molar-refractivity contribution is -0.274. The Balaban J connectivity index is 3.07. The number of benzene rings is 1. The number of ether oxygens (including phenoxy) is 1. The van der Waals surface area contributed by atoms with E-state index in [1.165, 1.54) is 19.1 Å². The molecule has 0 saturated heterocycles. The lowest BCUT2D eigenvalue weighted by Gasteiger charge is -2.17. The molecule has 1 unspecified atom stereocenters. The Morgan fingerprint density at radius 1 is 1.40 bits per heavy atom. The molecule has 0 aliphatic heterocycles. The third kappa shape index (κ3) is 4.53. The van der Waals surface area contributed by atoms with Gasteiger partial charge in [0.1, 0.15) is 5.25 Å². The number of para-hydroxylation sites is 2. The molecule has 112 valence electrons. The summed E-state index contributed by atoms with van der Waals surface area (Å²) in [7, 11) is -4.05. The molecular weight excluding hydrogens is 317 g/mol. The van der Waals surface area contributed by atoms with E-state index < -0.39 is 27.4 Å². The number of rotatable bonds is 5. The highest BCUT2D eigenvalue weighted by molar-refractivity contribution is 7.95. The van der Waals surface area contributed by atoms with Crippen LogP contribution in [-0.4, -0.2) is 25.0 Å². The van der Waals surface area contributed by atoms with Crippen molar-refractivity contribution in [3.05, 3.63) is 24.3 Å². The molecule has 0 aliphatic rings. The van der Waals surface area contributed by atoms with Crippen LogP contribution in [0.2, 0.25) is 0 Å². The van der Waals surface area contributed by atoms with Gasteiger partial charge in [0.25, 0.3) is 0 Å². The average Bonchev–Trinajstić information content (AvgIpc) is 2.28. The molecule has 0 heterocycles. The molecule has 1 aromatic rings. The molecule has 1 rings (SSSR count). The van der Waals surface area contributed by atoms with Crippen LogP contribution in [0.15, 0.2) is 24.3 Å². The predicted octanol–water partition coefficient (Wildman–Crippen LogP) is 2.00. The molecule has 0 spiro atoms. The summed E-state index contributed by atoms with van der Waals surface area (Å²) in [4.78, 5) is -0.299. The number of hydrogen-bond acceptors (Lipinski definition) is 4. The van der Waals surface area contributed by atoms with Crippen molar-refractivity contribution in [2.24, 2.45) is 5.73 Å². The zero-order chi connectivity index (χ0) is 15.6. The lowest BCUT2D eigenvalue weighted by atomic mass is 10.3. The normalized spacial score (nSPS) is 13.6. The maximum absolute atomic E-state index is 12.2. The fourth-order valence-electron chi connectivity index (χ4n) is 1.16. The lowest BCUT2D eigenvalue weighted by Crippen LogP contribution is -2.35. The highest BCUT2D eigenvalue weighted by atomic mass is 32.2. The number of hydrogen-bond donors (Lipinski definition) is 2. The van der Waals surface area contributed by atoms with Crippen LogP contribution >= 0.6 is 12.2 Å². The van der Waals surface area contributed by atoms with Crippen molar-refractivity contribution in [1.82, 2.24) is 0 Å². The van der Waals surface area contributed by atoms with Gasteiger partial charge in [-0.2, -0.15) is 0 Å². The van der Waals surface area contributed by atoms with E-state index in [1.807, 2.05) is 4.72 Å². The molecule has 1 atom stereocenters. The quantitative estimate of drug-likeness (QED) is 0.808. The topological polar surface area (TPSA) is 81.4 Å². The summed E-state index contributed by atoms with van der Waals surface area (Å²) >= 11 is 4.55. The Kier molecular flexibility index (Phi) is 4.81.